The predicted octanol–water partition coefficient (Wildman–Crippen LogP) is 4.26. The lowest BCUT2D eigenvalue weighted by atomic mass is 10.2. The first-order valence-corrected chi connectivity index (χ1v) is 6.18. The molecule has 0 aliphatic carbocycles. The minimum Gasteiger partial charge on any atom is -0.455 e. The molecule has 4 heteroatoms. The second-order valence-corrected chi connectivity index (χ2v) is 4.53. The normalized spacial score (nSPS) is 10.6. The quantitative estimate of drug-likeness (QED) is 0.708. The van der Waals surface area contributed by atoms with Gasteiger partial charge in [0.2, 0.25) is 0 Å². The molecule has 0 amide bonds. The molecule has 0 saturated carbocycles. The number of ether oxygens (including phenoxy) is 1. The molecule has 1 heterocycles. The van der Waals surface area contributed by atoms with Gasteiger partial charge in [-0.1, -0.05) is 23.7 Å². The summed E-state index contributed by atoms with van der Waals surface area (Å²) in [6.45, 7) is 0. The van der Waals surface area contributed by atoms with Gasteiger partial charge in [-0.15, -0.1) is 0 Å². The largest absolute Gasteiger partial charge is 0.455 e. The molecule has 0 atom stereocenters. The maximum Gasteiger partial charge on any atom is 0.146 e. The molecule has 0 radical (unpaired) electrons. The van der Waals surface area contributed by atoms with E-state index in [1.807, 2.05) is 30.3 Å². The van der Waals surface area contributed by atoms with E-state index in [0.717, 1.165) is 16.7 Å². The molecule has 0 unspecified atom stereocenters. The Bertz CT molecular complexity index is 738. The van der Waals surface area contributed by atoms with Gasteiger partial charge in [0.05, 0.1) is 10.5 Å². The van der Waals surface area contributed by atoms with E-state index in [1.165, 1.54) is 0 Å². The van der Waals surface area contributed by atoms with E-state index in [0.29, 0.717) is 16.5 Å². The van der Waals surface area contributed by atoms with Crippen LogP contribution < -0.4 is 10.5 Å². The van der Waals surface area contributed by atoms with E-state index < -0.39 is 0 Å². The third kappa shape index (κ3) is 2.33. The van der Waals surface area contributed by atoms with Gasteiger partial charge < -0.3 is 10.5 Å². The summed E-state index contributed by atoms with van der Waals surface area (Å²) in [4.78, 5) is 4.29. The van der Waals surface area contributed by atoms with E-state index in [2.05, 4.69) is 4.98 Å². The Labute approximate surface area is 115 Å². The van der Waals surface area contributed by atoms with Gasteiger partial charge in [-0.25, -0.2) is 0 Å². The Morgan fingerprint density at radius 3 is 2.68 bits per heavy atom. The van der Waals surface area contributed by atoms with E-state index in [9.17, 15) is 0 Å². The Hall–Kier alpha value is -2.26. The van der Waals surface area contributed by atoms with Crippen molar-refractivity contribution in [3.63, 3.8) is 0 Å². The van der Waals surface area contributed by atoms with Crippen molar-refractivity contribution in [1.82, 2.24) is 4.98 Å². The molecule has 0 aliphatic heterocycles. The lowest BCUT2D eigenvalue weighted by Crippen LogP contribution is -1.90. The van der Waals surface area contributed by atoms with Crippen molar-refractivity contribution in [3.8, 4) is 11.5 Å². The minimum atomic E-state index is 0.487. The number of pyridine rings is 1. The number of anilines is 1. The number of rotatable bonds is 2. The third-order valence-corrected chi connectivity index (χ3v) is 3.08. The number of aromatic nitrogens is 1. The molecule has 19 heavy (non-hydrogen) atoms. The average Bonchev–Trinajstić information content (AvgIpc) is 2.42. The molecule has 0 bridgehead atoms. The van der Waals surface area contributed by atoms with Crippen molar-refractivity contribution < 1.29 is 4.74 Å². The molecule has 1 aromatic heterocycles. The van der Waals surface area contributed by atoms with Crippen LogP contribution in [0.4, 0.5) is 5.69 Å². The monoisotopic (exact) mass is 270 g/mol. The van der Waals surface area contributed by atoms with Gasteiger partial charge >= 0.3 is 0 Å². The summed E-state index contributed by atoms with van der Waals surface area (Å²) in [6, 6.07) is 14.8. The van der Waals surface area contributed by atoms with Crippen LogP contribution in [0.3, 0.4) is 0 Å². The van der Waals surface area contributed by atoms with Crippen LogP contribution in [-0.2, 0) is 0 Å². The van der Waals surface area contributed by atoms with Crippen molar-refractivity contribution in [2.45, 2.75) is 0 Å². The van der Waals surface area contributed by atoms with Gasteiger partial charge in [-0.05, 0) is 36.4 Å². The van der Waals surface area contributed by atoms with Crippen molar-refractivity contribution in [2.24, 2.45) is 0 Å². The van der Waals surface area contributed by atoms with E-state index in [1.54, 1.807) is 24.4 Å². The summed E-state index contributed by atoms with van der Waals surface area (Å²) >= 11 is 6.11. The minimum absolute atomic E-state index is 0.487. The van der Waals surface area contributed by atoms with Crippen molar-refractivity contribution in [3.05, 3.63) is 59.8 Å². The fraction of sp³-hybridized carbons (Fsp3) is 0. The first kappa shape index (κ1) is 11.8. The number of nitrogens with two attached hydrogens (primary N) is 1. The Morgan fingerprint density at radius 2 is 1.84 bits per heavy atom. The van der Waals surface area contributed by atoms with Gasteiger partial charge in [0.1, 0.15) is 11.5 Å². The molecular formula is C15H11ClN2O. The van der Waals surface area contributed by atoms with Crippen LogP contribution in [0.15, 0.2) is 54.7 Å². The summed E-state index contributed by atoms with van der Waals surface area (Å²) in [5.41, 5.74) is 7.15. The summed E-state index contributed by atoms with van der Waals surface area (Å²) in [6.07, 6.45) is 1.71. The standard InChI is InChI=1S/C15H11ClN2O/c16-12-9-10(17)5-6-15(12)19-14-7-8-18-13-4-2-1-3-11(13)14/h1-9H,17H2. The molecule has 0 aliphatic rings. The second kappa shape index (κ2) is 4.78. The highest BCUT2D eigenvalue weighted by Crippen LogP contribution is 2.33. The van der Waals surface area contributed by atoms with Crippen LogP contribution in [0.2, 0.25) is 5.02 Å². The summed E-state index contributed by atoms with van der Waals surface area (Å²) in [5, 5.41) is 1.43. The summed E-state index contributed by atoms with van der Waals surface area (Å²) in [7, 11) is 0. The van der Waals surface area contributed by atoms with E-state index in [4.69, 9.17) is 22.1 Å². The molecule has 3 rings (SSSR count). The summed E-state index contributed by atoms with van der Waals surface area (Å²) < 4.78 is 5.85. The molecule has 3 nitrogen and oxygen atoms in total. The molecule has 0 spiro atoms. The average molecular weight is 271 g/mol. The van der Waals surface area contributed by atoms with Crippen LogP contribution in [0.5, 0.6) is 11.5 Å². The van der Waals surface area contributed by atoms with Crippen LogP contribution in [0.25, 0.3) is 10.9 Å². The first-order chi connectivity index (χ1) is 9.24. The Kier molecular flexibility index (Phi) is 2.97. The van der Waals surface area contributed by atoms with Gasteiger partial charge in [-0.3, -0.25) is 4.98 Å². The number of benzene rings is 2. The number of hydrogen-bond donors (Lipinski definition) is 1. The van der Waals surface area contributed by atoms with Crippen molar-refractivity contribution in [2.75, 3.05) is 5.73 Å². The third-order valence-electron chi connectivity index (χ3n) is 2.78. The maximum atomic E-state index is 6.11. The SMILES string of the molecule is Nc1ccc(Oc2ccnc3ccccc23)c(Cl)c1. The smallest absolute Gasteiger partial charge is 0.146 e. The molecular weight excluding hydrogens is 260 g/mol. The van der Waals surface area contributed by atoms with Gasteiger partial charge in [0.15, 0.2) is 0 Å². The van der Waals surface area contributed by atoms with Crippen molar-refractivity contribution in [1.29, 1.82) is 0 Å². The zero-order valence-corrected chi connectivity index (χ0v) is 10.8. The van der Waals surface area contributed by atoms with Gasteiger partial charge in [0, 0.05) is 17.3 Å². The predicted molar refractivity (Wildman–Crippen MR) is 77.7 cm³/mol. The molecule has 94 valence electrons. The summed E-state index contributed by atoms with van der Waals surface area (Å²) in [5.74, 6) is 1.30. The molecule has 0 saturated heterocycles. The number of para-hydroxylation sites is 1. The van der Waals surface area contributed by atoms with E-state index in [-0.39, 0.29) is 0 Å². The zero-order chi connectivity index (χ0) is 13.2. The van der Waals surface area contributed by atoms with Crippen LogP contribution >= 0.6 is 11.6 Å². The van der Waals surface area contributed by atoms with Gasteiger partial charge in [0.25, 0.3) is 0 Å². The lowest BCUT2D eigenvalue weighted by molar-refractivity contribution is 0.488. The molecule has 3 aromatic rings. The van der Waals surface area contributed by atoms with Gasteiger partial charge in [-0.2, -0.15) is 0 Å². The topological polar surface area (TPSA) is 48.1 Å². The fourth-order valence-corrected chi connectivity index (χ4v) is 2.10. The van der Waals surface area contributed by atoms with Crippen LogP contribution in [0, 0.1) is 0 Å². The number of fused-ring (bicyclic) bond motifs is 1. The highest BCUT2D eigenvalue weighted by Gasteiger charge is 2.07. The number of hydrogen-bond acceptors (Lipinski definition) is 3. The molecule has 2 aromatic carbocycles. The first-order valence-electron chi connectivity index (χ1n) is 5.81. The molecule has 2 N–H and O–H groups in total. The second-order valence-electron chi connectivity index (χ2n) is 4.12. The Balaban J connectivity index is 2.06. The molecule has 0 fully saturated rings. The van der Waals surface area contributed by atoms with E-state index >= 15 is 0 Å². The maximum absolute atomic E-state index is 6.11. The number of nitrogens with zero attached hydrogens (tertiary/aromatic N) is 1. The number of halogens is 1. The van der Waals surface area contributed by atoms with Crippen LogP contribution in [0.1, 0.15) is 0 Å². The lowest BCUT2D eigenvalue weighted by Gasteiger charge is -2.10. The van der Waals surface area contributed by atoms with Crippen molar-refractivity contribution >= 4 is 28.2 Å². The van der Waals surface area contributed by atoms with Crippen LogP contribution in [-0.4, -0.2) is 4.98 Å². The fourth-order valence-electron chi connectivity index (χ4n) is 1.88. The zero-order valence-electron chi connectivity index (χ0n) is 10.0. The highest BCUT2D eigenvalue weighted by atomic mass is 35.5. The highest BCUT2D eigenvalue weighted by molar-refractivity contribution is 6.32. The number of nitrogen functional groups attached to an aromatic ring is 1. The Morgan fingerprint density at radius 1 is 1.00 bits per heavy atom.